The molecule has 1 atom stereocenters. The molecule has 1 unspecified atom stereocenters. The van der Waals surface area contributed by atoms with Gasteiger partial charge in [0.25, 0.3) is 5.91 Å². The highest BCUT2D eigenvalue weighted by Crippen LogP contribution is 2.25. The highest BCUT2D eigenvalue weighted by molar-refractivity contribution is 6.21. The van der Waals surface area contributed by atoms with Gasteiger partial charge in [0.15, 0.2) is 0 Å². The number of carbonyl (C=O) groups is 2. The number of fused-ring (bicyclic) bond motifs is 1. The van der Waals surface area contributed by atoms with Crippen molar-refractivity contribution < 1.29 is 9.59 Å². The Morgan fingerprint density at radius 2 is 1.76 bits per heavy atom. The van der Waals surface area contributed by atoms with Gasteiger partial charge in [-0.1, -0.05) is 30.3 Å². The average Bonchev–Trinajstić information content (AvgIpc) is 2.74. The van der Waals surface area contributed by atoms with Gasteiger partial charge in [-0.3, -0.25) is 14.5 Å². The number of amides is 2. The van der Waals surface area contributed by atoms with E-state index in [4.69, 9.17) is 11.6 Å². The molecule has 154 valence electrons. The summed E-state index contributed by atoms with van der Waals surface area (Å²) in [5, 5.41) is 2.82. The summed E-state index contributed by atoms with van der Waals surface area (Å²) in [4.78, 5) is 28.6. The maximum atomic E-state index is 12.9. The van der Waals surface area contributed by atoms with Gasteiger partial charge in [0.2, 0.25) is 5.91 Å². The number of hydrogen-bond donors (Lipinski definition) is 1. The van der Waals surface area contributed by atoms with Gasteiger partial charge in [-0.15, -0.1) is 24.0 Å². The van der Waals surface area contributed by atoms with Crippen LogP contribution in [-0.2, 0) is 11.2 Å². The van der Waals surface area contributed by atoms with E-state index in [0.717, 1.165) is 36.4 Å². The summed E-state index contributed by atoms with van der Waals surface area (Å²) in [5.41, 5.74) is 3.69. The summed E-state index contributed by atoms with van der Waals surface area (Å²) in [5.74, 6) is 0.0978. The molecule has 2 aromatic rings. The number of halogens is 2. The Morgan fingerprint density at radius 1 is 1.03 bits per heavy atom. The number of anilines is 1. The van der Waals surface area contributed by atoms with Gasteiger partial charge >= 0.3 is 0 Å². The first-order valence-electron chi connectivity index (χ1n) is 9.73. The minimum absolute atomic E-state index is 0. The summed E-state index contributed by atoms with van der Waals surface area (Å²) in [6.07, 6.45) is 1.16. The van der Waals surface area contributed by atoms with Crippen LogP contribution in [0.2, 0.25) is 0 Å². The van der Waals surface area contributed by atoms with E-state index in [1.54, 1.807) is 0 Å². The van der Waals surface area contributed by atoms with E-state index in [0.29, 0.717) is 31.5 Å². The predicted octanol–water partition coefficient (Wildman–Crippen LogP) is 3.73. The largest absolute Gasteiger partial charge is 0.336 e. The molecular weight excluding hydrogens is 409 g/mol. The van der Waals surface area contributed by atoms with Crippen molar-refractivity contribution in [3.05, 3.63) is 65.2 Å². The van der Waals surface area contributed by atoms with Crippen LogP contribution in [0.5, 0.6) is 0 Å². The topological polar surface area (TPSA) is 52.7 Å². The van der Waals surface area contributed by atoms with Crippen LogP contribution in [0.15, 0.2) is 48.5 Å². The third-order valence-corrected chi connectivity index (χ3v) is 5.88. The highest BCUT2D eigenvalue weighted by Gasteiger charge is 2.25. The zero-order chi connectivity index (χ0) is 19.5. The van der Waals surface area contributed by atoms with Crippen molar-refractivity contribution in [2.75, 3.05) is 38.0 Å². The van der Waals surface area contributed by atoms with Gasteiger partial charge in [0.05, 0.1) is 5.38 Å². The molecule has 29 heavy (non-hydrogen) atoms. The second kappa shape index (κ2) is 9.61. The van der Waals surface area contributed by atoms with Gasteiger partial charge in [-0.25, -0.2) is 0 Å². The molecule has 0 aliphatic carbocycles. The quantitative estimate of drug-likeness (QED) is 0.747. The monoisotopic (exact) mass is 433 g/mol. The summed E-state index contributed by atoms with van der Waals surface area (Å²) < 4.78 is 0. The van der Waals surface area contributed by atoms with Crippen LogP contribution in [-0.4, -0.2) is 54.3 Å². The van der Waals surface area contributed by atoms with Crippen LogP contribution in [0.1, 0.15) is 33.3 Å². The Bertz CT molecular complexity index is 868. The Morgan fingerprint density at radius 3 is 2.48 bits per heavy atom. The normalized spacial score (nSPS) is 17.7. The molecule has 0 radical (unpaired) electrons. The summed E-state index contributed by atoms with van der Waals surface area (Å²) >= 11 is 6.56. The van der Waals surface area contributed by atoms with E-state index in [1.165, 1.54) is 0 Å². The van der Waals surface area contributed by atoms with Crippen LogP contribution < -0.4 is 5.32 Å². The number of benzene rings is 2. The molecule has 4 rings (SSSR count). The number of rotatable bonds is 4. The van der Waals surface area contributed by atoms with E-state index in [-0.39, 0.29) is 29.6 Å². The van der Waals surface area contributed by atoms with Crippen molar-refractivity contribution in [3.63, 3.8) is 0 Å². The van der Waals surface area contributed by atoms with Crippen molar-refractivity contribution in [3.8, 4) is 0 Å². The van der Waals surface area contributed by atoms with E-state index in [9.17, 15) is 9.59 Å². The molecule has 0 bridgehead atoms. The van der Waals surface area contributed by atoms with Crippen LogP contribution in [0.25, 0.3) is 0 Å². The second-order valence-electron chi connectivity index (χ2n) is 7.39. The van der Waals surface area contributed by atoms with Crippen LogP contribution in [0.4, 0.5) is 5.69 Å². The van der Waals surface area contributed by atoms with Gasteiger partial charge in [-0.05, 0) is 35.7 Å². The van der Waals surface area contributed by atoms with Crippen LogP contribution in [0, 0.1) is 0 Å². The van der Waals surface area contributed by atoms with Crippen molar-refractivity contribution in [1.29, 1.82) is 0 Å². The first-order valence-corrected chi connectivity index (χ1v) is 10.2. The fourth-order valence-electron chi connectivity index (χ4n) is 3.83. The lowest BCUT2D eigenvalue weighted by Crippen LogP contribution is -2.49. The first-order chi connectivity index (χ1) is 13.6. The zero-order valence-electron chi connectivity index (χ0n) is 16.1. The summed E-state index contributed by atoms with van der Waals surface area (Å²) in [6.45, 7) is 3.83. The number of piperazine rings is 1. The molecule has 2 amide bonds. The lowest BCUT2D eigenvalue weighted by Gasteiger charge is -2.35. The molecule has 1 fully saturated rings. The summed E-state index contributed by atoms with van der Waals surface area (Å²) in [7, 11) is 0. The fraction of sp³-hybridized carbons (Fsp3) is 0.364. The zero-order valence-corrected chi connectivity index (χ0v) is 17.7. The molecule has 0 aromatic heterocycles. The Labute approximate surface area is 182 Å². The number of aryl methyl sites for hydroxylation is 1. The van der Waals surface area contributed by atoms with Gasteiger partial charge in [0.1, 0.15) is 0 Å². The maximum absolute atomic E-state index is 12.9. The maximum Gasteiger partial charge on any atom is 0.253 e. The Balaban J connectivity index is 0.00000240. The number of carbonyl (C=O) groups excluding carboxylic acids is 2. The number of hydrogen-bond acceptors (Lipinski definition) is 3. The van der Waals surface area contributed by atoms with E-state index >= 15 is 0 Å². The SMILES string of the molecule is Cl.O=C1CCc2cc(C(=O)N3CCN(CC(Cl)c4ccccc4)CC3)ccc2N1. The minimum atomic E-state index is -0.0423. The molecule has 5 nitrogen and oxygen atoms in total. The molecule has 2 aliphatic heterocycles. The standard InChI is InChI=1S/C22H24ClN3O2.ClH/c23-19(16-4-2-1-3-5-16)15-25-10-12-26(13-11-25)22(28)18-6-8-20-17(14-18)7-9-21(27)24-20;/h1-6,8,14,19H,7,9-13,15H2,(H,24,27);1H. The number of nitrogens with zero attached hydrogens (tertiary/aromatic N) is 2. The number of nitrogens with one attached hydrogen (secondary N) is 1. The van der Waals surface area contributed by atoms with Crippen molar-refractivity contribution in [2.45, 2.75) is 18.2 Å². The molecule has 0 spiro atoms. The summed E-state index contributed by atoms with van der Waals surface area (Å²) in [6, 6.07) is 15.7. The lowest BCUT2D eigenvalue weighted by atomic mass is 10.00. The predicted molar refractivity (Wildman–Crippen MR) is 118 cm³/mol. The van der Waals surface area contributed by atoms with Crippen LogP contribution >= 0.6 is 24.0 Å². The molecule has 0 saturated carbocycles. The van der Waals surface area contributed by atoms with Crippen LogP contribution in [0.3, 0.4) is 0 Å². The van der Waals surface area contributed by atoms with Gasteiger partial charge < -0.3 is 10.2 Å². The third kappa shape index (κ3) is 5.10. The Kier molecular flexibility index (Phi) is 7.17. The third-order valence-electron chi connectivity index (χ3n) is 5.49. The number of alkyl halides is 1. The molecule has 1 N–H and O–H groups in total. The first kappa shape index (κ1) is 21.6. The molecule has 7 heteroatoms. The minimum Gasteiger partial charge on any atom is -0.336 e. The second-order valence-corrected chi connectivity index (χ2v) is 7.92. The molecule has 2 aromatic carbocycles. The van der Waals surface area contributed by atoms with Gasteiger partial charge in [0, 0.05) is 50.4 Å². The smallest absolute Gasteiger partial charge is 0.253 e. The van der Waals surface area contributed by atoms with E-state index in [1.807, 2.05) is 41.3 Å². The Hall–Kier alpha value is -2.08. The molecule has 2 aliphatic rings. The van der Waals surface area contributed by atoms with Gasteiger partial charge in [-0.2, -0.15) is 0 Å². The van der Waals surface area contributed by atoms with E-state index < -0.39 is 0 Å². The van der Waals surface area contributed by atoms with Crippen molar-refractivity contribution in [2.24, 2.45) is 0 Å². The molecule has 2 heterocycles. The fourth-order valence-corrected chi connectivity index (χ4v) is 4.17. The average molecular weight is 434 g/mol. The lowest BCUT2D eigenvalue weighted by molar-refractivity contribution is -0.116. The highest BCUT2D eigenvalue weighted by atomic mass is 35.5. The molecular formula is C22H25Cl2N3O2. The van der Waals surface area contributed by atoms with Crippen molar-refractivity contribution in [1.82, 2.24) is 9.80 Å². The molecule has 1 saturated heterocycles. The van der Waals surface area contributed by atoms with E-state index in [2.05, 4.69) is 22.3 Å². The van der Waals surface area contributed by atoms with Crippen molar-refractivity contribution >= 4 is 41.5 Å².